The monoisotopic (exact) mass is 160 g/mol. The molecule has 1 heteroatoms. The molecule has 0 saturated carbocycles. The van der Waals surface area contributed by atoms with Crippen molar-refractivity contribution >= 4 is 0 Å². The Labute approximate surface area is 69.9 Å². The van der Waals surface area contributed by atoms with Crippen molar-refractivity contribution in [3.8, 4) is 0 Å². The quantitative estimate of drug-likeness (QED) is 0.408. The van der Waals surface area contributed by atoms with E-state index in [-0.39, 0.29) is 18.6 Å². The zero-order valence-corrected chi connectivity index (χ0v) is 7.92. The predicted molar refractivity (Wildman–Crippen MR) is 37.5 cm³/mol. The Bertz CT molecular complexity index is 117. The van der Waals surface area contributed by atoms with Gasteiger partial charge in [-0.1, -0.05) is 13.8 Å². The van der Waals surface area contributed by atoms with Gasteiger partial charge in [-0.15, -0.1) is 13.8 Å². The number of rotatable bonds is 1. The molecule has 0 aromatic rings. The van der Waals surface area contributed by atoms with Crippen LogP contribution < -0.4 is 0 Å². The molecule has 0 aliphatic heterocycles. The van der Waals surface area contributed by atoms with Crippen molar-refractivity contribution in [3.63, 3.8) is 0 Å². The number of hydrogen-bond donors (Lipinski definition) is 0. The van der Waals surface area contributed by atoms with E-state index in [2.05, 4.69) is 26.8 Å². The summed E-state index contributed by atoms with van der Waals surface area (Å²) in [4.78, 5) is 0. The Morgan fingerprint density at radius 3 is 1.78 bits per heavy atom. The van der Waals surface area contributed by atoms with E-state index in [9.17, 15) is 0 Å². The fourth-order valence-electron chi connectivity index (χ4n) is 0.361. The average Bonchev–Trinajstić information content (AvgIpc) is 1.67. The van der Waals surface area contributed by atoms with Crippen LogP contribution in [0.5, 0.6) is 0 Å². The molecule has 0 aliphatic rings. The van der Waals surface area contributed by atoms with Crippen molar-refractivity contribution in [2.24, 2.45) is 0 Å². The van der Waals surface area contributed by atoms with Gasteiger partial charge in [-0.25, -0.2) is 11.6 Å². The summed E-state index contributed by atoms with van der Waals surface area (Å²) in [6.45, 7) is 8.20. The van der Waals surface area contributed by atoms with Crippen molar-refractivity contribution < 1.29 is 18.6 Å². The van der Waals surface area contributed by atoms with Crippen LogP contribution in [0.3, 0.4) is 0 Å². The normalized spacial score (nSPS) is 8.89. The molecule has 0 amide bonds. The van der Waals surface area contributed by atoms with E-state index in [4.69, 9.17) is 0 Å². The minimum atomic E-state index is 0. The third kappa shape index (κ3) is 5.94. The Balaban J connectivity index is 0. The van der Waals surface area contributed by atoms with Gasteiger partial charge in [-0.05, 0) is 0 Å². The summed E-state index contributed by atoms with van der Waals surface area (Å²) in [5.74, 6) is 0. The first-order valence-corrected chi connectivity index (χ1v) is 2.83. The SMILES string of the molecule is C[C-]=CC(C)=C(C)C.[V+2]. The summed E-state index contributed by atoms with van der Waals surface area (Å²) in [7, 11) is 0. The van der Waals surface area contributed by atoms with Gasteiger partial charge in [-0.3, -0.25) is 6.08 Å². The summed E-state index contributed by atoms with van der Waals surface area (Å²) in [5, 5.41) is 0. The molecular formula is C8H13V+. The van der Waals surface area contributed by atoms with Crippen LogP contribution in [0.15, 0.2) is 17.2 Å². The molecule has 0 fully saturated rings. The second-order valence-electron chi connectivity index (χ2n) is 2.12. The zero-order chi connectivity index (χ0) is 6.57. The summed E-state index contributed by atoms with van der Waals surface area (Å²) in [6, 6.07) is 0. The fourth-order valence-corrected chi connectivity index (χ4v) is 0.361. The molecule has 0 aliphatic carbocycles. The van der Waals surface area contributed by atoms with Crippen molar-refractivity contribution in [1.82, 2.24) is 0 Å². The van der Waals surface area contributed by atoms with E-state index in [0.29, 0.717) is 0 Å². The largest absolute Gasteiger partial charge is 2.00 e. The minimum absolute atomic E-state index is 0. The smallest absolute Gasteiger partial charge is 0.278 e. The molecule has 1 radical (unpaired) electrons. The third-order valence-corrected chi connectivity index (χ3v) is 1.15. The van der Waals surface area contributed by atoms with Gasteiger partial charge < -0.3 is 0 Å². The topological polar surface area (TPSA) is 0 Å². The van der Waals surface area contributed by atoms with Gasteiger partial charge in [-0.2, -0.15) is 5.57 Å². The van der Waals surface area contributed by atoms with Crippen LogP contribution in [0.25, 0.3) is 0 Å². The Morgan fingerprint density at radius 2 is 1.67 bits per heavy atom. The maximum Gasteiger partial charge on any atom is 2.00 e. The second kappa shape index (κ2) is 6.19. The summed E-state index contributed by atoms with van der Waals surface area (Å²) >= 11 is 0. The van der Waals surface area contributed by atoms with Crippen molar-refractivity contribution in [2.45, 2.75) is 27.7 Å². The molecule has 0 nitrogen and oxygen atoms in total. The minimum Gasteiger partial charge on any atom is -0.278 e. The van der Waals surface area contributed by atoms with Gasteiger partial charge in [0.05, 0.1) is 0 Å². The van der Waals surface area contributed by atoms with E-state index in [1.165, 1.54) is 11.1 Å². The Morgan fingerprint density at radius 1 is 1.22 bits per heavy atom. The van der Waals surface area contributed by atoms with Crippen LogP contribution in [-0.2, 0) is 18.6 Å². The summed E-state index contributed by atoms with van der Waals surface area (Å²) in [6.07, 6.45) is 4.96. The molecular weight excluding hydrogens is 147 g/mol. The first-order valence-electron chi connectivity index (χ1n) is 2.83. The molecule has 0 bridgehead atoms. The van der Waals surface area contributed by atoms with E-state index in [1.807, 2.05) is 13.0 Å². The maximum atomic E-state index is 2.97. The zero-order valence-electron chi connectivity index (χ0n) is 6.52. The third-order valence-electron chi connectivity index (χ3n) is 1.15. The van der Waals surface area contributed by atoms with E-state index >= 15 is 0 Å². The molecule has 0 atom stereocenters. The van der Waals surface area contributed by atoms with Gasteiger partial charge in [0, 0.05) is 0 Å². The second-order valence-corrected chi connectivity index (χ2v) is 2.12. The van der Waals surface area contributed by atoms with Crippen molar-refractivity contribution in [1.29, 1.82) is 0 Å². The van der Waals surface area contributed by atoms with Gasteiger partial charge >= 0.3 is 18.6 Å². The molecule has 0 aromatic heterocycles. The molecule has 0 rings (SSSR count). The van der Waals surface area contributed by atoms with Crippen molar-refractivity contribution in [2.75, 3.05) is 0 Å². The maximum absolute atomic E-state index is 2.97. The van der Waals surface area contributed by atoms with Crippen LogP contribution in [-0.4, -0.2) is 0 Å². The van der Waals surface area contributed by atoms with Crippen LogP contribution in [0.1, 0.15) is 27.7 Å². The first-order chi connectivity index (χ1) is 3.68. The van der Waals surface area contributed by atoms with Gasteiger partial charge in [0.15, 0.2) is 0 Å². The summed E-state index contributed by atoms with van der Waals surface area (Å²) in [5.41, 5.74) is 2.67. The number of hydrogen-bond acceptors (Lipinski definition) is 0. The molecule has 9 heavy (non-hydrogen) atoms. The Kier molecular flexibility index (Phi) is 8.12. The first kappa shape index (κ1) is 11.8. The van der Waals surface area contributed by atoms with Crippen molar-refractivity contribution in [3.05, 3.63) is 23.3 Å². The molecule has 0 spiro atoms. The molecule has 0 heterocycles. The van der Waals surface area contributed by atoms with Gasteiger partial charge in [0.25, 0.3) is 0 Å². The molecule has 0 saturated heterocycles. The van der Waals surface area contributed by atoms with Gasteiger partial charge in [0.1, 0.15) is 0 Å². The van der Waals surface area contributed by atoms with E-state index in [1.54, 1.807) is 0 Å². The molecule has 0 N–H and O–H groups in total. The summed E-state index contributed by atoms with van der Waals surface area (Å²) < 4.78 is 0. The Hall–Kier alpha value is 0.0644. The van der Waals surface area contributed by atoms with Crippen LogP contribution >= 0.6 is 0 Å². The van der Waals surface area contributed by atoms with Gasteiger partial charge in [0.2, 0.25) is 0 Å². The molecule has 0 aromatic carbocycles. The van der Waals surface area contributed by atoms with Crippen LogP contribution in [0.4, 0.5) is 0 Å². The molecule has 0 unspecified atom stereocenters. The molecule has 49 valence electrons. The van der Waals surface area contributed by atoms with Crippen LogP contribution in [0, 0.1) is 6.08 Å². The average molecular weight is 160 g/mol. The van der Waals surface area contributed by atoms with E-state index < -0.39 is 0 Å². The fraction of sp³-hybridized carbons (Fsp3) is 0.500. The standard InChI is InChI=1S/C8H13.V/c1-5-6-8(4)7(2)3;/h6H,1-4H3;/q-1;+2. The number of allylic oxidation sites excluding steroid dienone is 4. The van der Waals surface area contributed by atoms with E-state index in [0.717, 1.165) is 0 Å². The predicted octanol–water partition coefficient (Wildman–Crippen LogP) is 2.72. The van der Waals surface area contributed by atoms with Crippen LogP contribution in [0.2, 0.25) is 0 Å².